The van der Waals surface area contributed by atoms with Gasteiger partial charge in [-0.25, -0.2) is 13.1 Å². The van der Waals surface area contributed by atoms with Gasteiger partial charge in [-0.05, 0) is 32.0 Å². The third kappa shape index (κ3) is 3.99. The van der Waals surface area contributed by atoms with Crippen molar-refractivity contribution in [3.8, 4) is 0 Å². The molecule has 2 rings (SSSR count). The van der Waals surface area contributed by atoms with Gasteiger partial charge in [0, 0.05) is 37.3 Å². The summed E-state index contributed by atoms with van der Waals surface area (Å²) in [4.78, 5) is 14.6. The second-order valence-corrected chi connectivity index (χ2v) is 7.42. The third-order valence-electron chi connectivity index (χ3n) is 4.10. The van der Waals surface area contributed by atoms with Crippen molar-refractivity contribution in [3.05, 3.63) is 42.5 Å². The van der Waals surface area contributed by atoms with Crippen LogP contribution in [0.5, 0.6) is 0 Å². The molecule has 1 amide bonds. The quantitative estimate of drug-likeness (QED) is 0.785. The van der Waals surface area contributed by atoms with Crippen LogP contribution in [-0.4, -0.2) is 50.9 Å². The minimum Gasteiger partial charge on any atom is -0.333 e. The van der Waals surface area contributed by atoms with E-state index in [2.05, 4.69) is 16.6 Å². The number of piperazine rings is 1. The zero-order valence-electron chi connectivity index (χ0n) is 13.5. The number of rotatable bonds is 5. The van der Waals surface area contributed by atoms with E-state index in [1.54, 1.807) is 17.0 Å². The Morgan fingerprint density at radius 3 is 2.91 bits per heavy atom. The minimum atomic E-state index is -3.64. The first-order valence-electron chi connectivity index (χ1n) is 7.62. The predicted molar refractivity (Wildman–Crippen MR) is 89.8 cm³/mol. The summed E-state index contributed by atoms with van der Waals surface area (Å²) in [5, 5.41) is 3.32. The molecule has 1 fully saturated rings. The second kappa shape index (κ2) is 7.25. The van der Waals surface area contributed by atoms with Crippen molar-refractivity contribution in [1.29, 1.82) is 0 Å². The first-order chi connectivity index (χ1) is 10.9. The SMILES string of the molecule is C=CCNS(=O)(=O)c1cccc(C(=O)N2CCNC(C)C2C)c1. The highest BCUT2D eigenvalue weighted by Gasteiger charge is 2.29. The van der Waals surface area contributed by atoms with Crippen molar-refractivity contribution in [2.75, 3.05) is 19.6 Å². The molecule has 126 valence electrons. The third-order valence-corrected chi connectivity index (χ3v) is 5.53. The summed E-state index contributed by atoms with van der Waals surface area (Å²) in [7, 11) is -3.64. The summed E-state index contributed by atoms with van der Waals surface area (Å²) >= 11 is 0. The maximum Gasteiger partial charge on any atom is 0.254 e. The van der Waals surface area contributed by atoms with Gasteiger partial charge in [-0.3, -0.25) is 4.79 Å². The number of hydrogen-bond acceptors (Lipinski definition) is 4. The Kier molecular flexibility index (Phi) is 5.56. The molecule has 1 aliphatic heterocycles. The highest BCUT2D eigenvalue weighted by molar-refractivity contribution is 7.89. The number of carbonyl (C=O) groups excluding carboxylic acids is 1. The molecular weight excluding hydrogens is 314 g/mol. The van der Waals surface area contributed by atoms with E-state index >= 15 is 0 Å². The van der Waals surface area contributed by atoms with Gasteiger partial charge in [0.2, 0.25) is 10.0 Å². The standard InChI is InChI=1S/C16H23N3O3S/c1-4-8-18-23(21,22)15-7-5-6-14(11-15)16(20)19-10-9-17-12(2)13(19)3/h4-7,11-13,17-18H,1,8-10H2,2-3H3. The van der Waals surface area contributed by atoms with Gasteiger partial charge < -0.3 is 10.2 Å². The first-order valence-corrected chi connectivity index (χ1v) is 9.10. The Balaban J connectivity index is 2.25. The number of nitrogens with zero attached hydrogens (tertiary/aromatic N) is 1. The fourth-order valence-electron chi connectivity index (χ4n) is 2.56. The molecule has 6 nitrogen and oxygen atoms in total. The molecule has 0 bridgehead atoms. The number of benzene rings is 1. The van der Waals surface area contributed by atoms with Gasteiger partial charge >= 0.3 is 0 Å². The van der Waals surface area contributed by atoms with E-state index in [0.717, 1.165) is 6.54 Å². The Bertz CT molecular complexity index is 688. The average molecular weight is 337 g/mol. The Morgan fingerprint density at radius 1 is 1.48 bits per heavy atom. The average Bonchev–Trinajstić information content (AvgIpc) is 2.55. The lowest BCUT2D eigenvalue weighted by atomic mass is 10.1. The number of sulfonamides is 1. The van der Waals surface area contributed by atoms with Gasteiger partial charge in [0.15, 0.2) is 0 Å². The van der Waals surface area contributed by atoms with Crippen molar-refractivity contribution < 1.29 is 13.2 Å². The summed E-state index contributed by atoms with van der Waals surface area (Å²) in [5.41, 5.74) is 0.382. The van der Waals surface area contributed by atoms with Gasteiger partial charge in [0.25, 0.3) is 5.91 Å². The molecule has 2 unspecified atom stereocenters. The van der Waals surface area contributed by atoms with Gasteiger partial charge in [-0.15, -0.1) is 6.58 Å². The largest absolute Gasteiger partial charge is 0.333 e. The zero-order chi connectivity index (χ0) is 17.0. The molecule has 7 heteroatoms. The van der Waals surface area contributed by atoms with E-state index < -0.39 is 10.0 Å². The lowest BCUT2D eigenvalue weighted by Crippen LogP contribution is -2.57. The first kappa shape index (κ1) is 17.7. The minimum absolute atomic E-state index is 0.0513. The van der Waals surface area contributed by atoms with Crippen LogP contribution in [0.25, 0.3) is 0 Å². The van der Waals surface area contributed by atoms with Crippen LogP contribution >= 0.6 is 0 Å². The molecule has 1 aromatic rings. The van der Waals surface area contributed by atoms with E-state index in [9.17, 15) is 13.2 Å². The fourth-order valence-corrected chi connectivity index (χ4v) is 3.60. The summed E-state index contributed by atoms with van der Waals surface area (Å²) in [6.07, 6.45) is 1.47. The molecule has 1 aromatic carbocycles. The molecule has 1 heterocycles. The molecule has 2 N–H and O–H groups in total. The van der Waals surface area contributed by atoms with E-state index in [1.165, 1.54) is 18.2 Å². The van der Waals surface area contributed by atoms with Crippen LogP contribution in [0.3, 0.4) is 0 Å². The molecule has 0 saturated carbocycles. The van der Waals surface area contributed by atoms with Crippen LogP contribution in [-0.2, 0) is 10.0 Å². The van der Waals surface area contributed by atoms with E-state index in [4.69, 9.17) is 0 Å². The maximum atomic E-state index is 12.7. The molecule has 0 aromatic heterocycles. The zero-order valence-corrected chi connectivity index (χ0v) is 14.3. The molecule has 1 aliphatic rings. The van der Waals surface area contributed by atoms with Crippen LogP contribution in [0.15, 0.2) is 41.8 Å². The van der Waals surface area contributed by atoms with Crippen LogP contribution in [0.4, 0.5) is 0 Å². The van der Waals surface area contributed by atoms with E-state index in [0.29, 0.717) is 12.1 Å². The molecule has 2 atom stereocenters. The lowest BCUT2D eigenvalue weighted by molar-refractivity contribution is 0.0602. The van der Waals surface area contributed by atoms with Crippen molar-refractivity contribution in [1.82, 2.24) is 14.9 Å². The van der Waals surface area contributed by atoms with Gasteiger partial charge in [0.1, 0.15) is 0 Å². The van der Waals surface area contributed by atoms with Crippen molar-refractivity contribution in [3.63, 3.8) is 0 Å². The number of hydrogen-bond donors (Lipinski definition) is 2. The second-order valence-electron chi connectivity index (χ2n) is 5.65. The molecular formula is C16H23N3O3S. The fraction of sp³-hybridized carbons (Fsp3) is 0.438. The number of nitrogens with one attached hydrogen (secondary N) is 2. The highest BCUT2D eigenvalue weighted by Crippen LogP contribution is 2.17. The summed E-state index contributed by atoms with van der Waals surface area (Å²) in [5.74, 6) is -0.147. The predicted octanol–water partition coefficient (Wildman–Crippen LogP) is 0.973. The topological polar surface area (TPSA) is 78.5 Å². The maximum absolute atomic E-state index is 12.7. The smallest absolute Gasteiger partial charge is 0.254 e. The summed E-state index contributed by atoms with van der Waals surface area (Å²) in [6.45, 7) is 8.99. The Morgan fingerprint density at radius 2 is 2.22 bits per heavy atom. The van der Waals surface area contributed by atoms with Gasteiger partial charge in [0.05, 0.1) is 4.90 Å². The van der Waals surface area contributed by atoms with Crippen molar-refractivity contribution in [2.24, 2.45) is 0 Å². The summed E-state index contributed by atoms with van der Waals surface area (Å²) in [6, 6.07) is 6.39. The number of carbonyl (C=O) groups is 1. The van der Waals surface area contributed by atoms with Crippen LogP contribution in [0.1, 0.15) is 24.2 Å². The highest BCUT2D eigenvalue weighted by atomic mass is 32.2. The van der Waals surface area contributed by atoms with Crippen LogP contribution < -0.4 is 10.0 Å². The monoisotopic (exact) mass is 337 g/mol. The summed E-state index contributed by atoms with van der Waals surface area (Å²) < 4.78 is 26.7. The van der Waals surface area contributed by atoms with Crippen LogP contribution in [0.2, 0.25) is 0 Å². The Labute approximate surface area is 137 Å². The molecule has 0 radical (unpaired) electrons. The van der Waals surface area contributed by atoms with Gasteiger partial charge in [-0.2, -0.15) is 0 Å². The van der Waals surface area contributed by atoms with Crippen molar-refractivity contribution in [2.45, 2.75) is 30.8 Å². The number of amides is 1. The van der Waals surface area contributed by atoms with E-state index in [-0.39, 0.29) is 29.4 Å². The molecule has 23 heavy (non-hydrogen) atoms. The molecule has 0 aliphatic carbocycles. The van der Waals surface area contributed by atoms with Crippen LogP contribution in [0, 0.1) is 0 Å². The normalized spacial score (nSPS) is 21.9. The lowest BCUT2D eigenvalue weighted by Gasteiger charge is -2.38. The molecule has 0 spiro atoms. The van der Waals surface area contributed by atoms with E-state index in [1.807, 2.05) is 13.8 Å². The Hall–Kier alpha value is -1.70. The van der Waals surface area contributed by atoms with Gasteiger partial charge in [-0.1, -0.05) is 12.1 Å². The molecule has 1 saturated heterocycles. The van der Waals surface area contributed by atoms with Crippen molar-refractivity contribution >= 4 is 15.9 Å².